The van der Waals surface area contributed by atoms with Crippen LogP contribution < -0.4 is 16.2 Å². The molecule has 1 aromatic carbocycles. The first kappa shape index (κ1) is 23.2. The van der Waals surface area contributed by atoms with Crippen LogP contribution in [0.3, 0.4) is 0 Å². The second-order valence-electron chi connectivity index (χ2n) is 8.62. The quantitative estimate of drug-likeness (QED) is 0.325. The molecule has 0 aliphatic carbocycles. The van der Waals surface area contributed by atoms with Crippen molar-refractivity contribution in [2.45, 2.75) is 45.9 Å². The zero-order valence-corrected chi connectivity index (χ0v) is 19.6. The highest BCUT2D eigenvalue weighted by molar-refractivity contribution is 5.77. The van der Waals surface area contributed by atoms with E-state index in [0.29, 0.717) is 29.3 Å². The van der Waals surface area contributed by atoms with E-state index in [1.165, 1.54) is 10.9 Å². The molecular formula is C25H29N7O2. The minimum Gasteiger partial charge on any atom is -0.392 e. The fraction of sp³-hybridized carbons (Fsp3) is 0.280. The van der Waals surface area contributed by atoms with Crippen LogP contribution in [0.2, 0.25) is 0 Å². The number of fused-ring (bicyclic) bond motifs is 1. The fourth-order valence-corrected chi connectivity index (χ4v) is 3.59. The number of hydrogen-bond donors (Lipinski definition) is 3. The number of rotatable bonds is 9. The fourth-order valence-electron chi connectivity index (χ4n) is 3.59. The SMILES string of the molecule is C=CCn1c(=O)c2cnc(Nc3ccc(NC(C)(C)CC)c(CO)c3)nc2n1-c1ccccn1. The minimum absolute atomic E-state index is 0.0965. The molecule has 0 fully saturated rings. The maximum Gasteiger partial charge on any atom is 0.278 e. The Kier molecular flexibility index (Phi) is 6.47. The van der Waals surface area contributed by atoms with Crippen molar-refractivity contribution >= 4 is 28.4 Å². The van der Waals surface area contributed by atoms with Gasteiger partial charge in [0.05, 0.1) is 13.2 Å². The first-order valence-corrected chi connectivity index (χ1v) is 11.2. The summed E-state index contributed by atoms with van der Waals surface area (Å²) in [6.07, 6.45) is 5.77. The molecule has 4 aromatic rings. The smallest absolute Gasteiger partial charge is 0.278 e. The van der Waals surface area contributed by atoms with Gasteiger partial charge < -0.3 is 15.7 Å². The van der Waals surface area contributed by atoms with Crippen LogP contribution in [0.5, 0.6) is 0 Å². The Morgan fingerprint density at radius 2 is 2.03 bits per heavy atom. The molecule has 0 radical (unpaired) electrons. The Morgan fingerprint density at radius 3 is 2.71 bits per heavy atom. The molecule has 0 spiro atoms. The Labute approximate surface area is 197 Å². The van der Waals surface area contributed by atoms with E-state index in [0.717, 1.165) is 23.4 Å². The number of nitrogens with zero attached hydrogens (tertiary/aromatic N) is 5. The Balaban J connectivity index is 1.74. The standard InChI is InChI=1S/C25H29N7O2/c1-5-13-31-23(34)19-15-27-24(29-22(19)32(31)21-9-7-8-12-26-21)28-18-10-11-20(17(14-18)16-33)30-25(3,4)6-2/h5,7-12,14-15,30,33H,1,6,13,16H2,2-4H3,(H,27,28,29). The molecule has 0 atom stereocenters. The summed E-state index contributed by atoms with van der Waals surface area (Å²) in [6, 6.07) is 11.2. The van der Waals surface area contributed by atoms with Gasteiger partial charge in [0, 0.05) is 34.9 Å². The third-order valence-corrected chi connectivity index (χ3v) is 5.73. The van der Waals surface area contributed by atoms with Crippen LogP contribution in [0.1, 0.15) is 32.8 Å². The van der Waals surface area contributed by atoms with Crippen molar-refractivity contribution < 1.29 is 5.11 Å². The maximum absolute atomic E-state index is 13.0. The lowest BCUT2D eigenvalue weighted by Crippen LogP contribution is -2.30. The van der Waals surface area contributed by atoms with Gasteiger partial charge in [0.15, 0.2) is 11.5 Å². The summed E-state index contributed by atoms with van der Waals surface area (Å²) >= 11 is 0. The molecule has 9 nitrogen and oxygen atoms in total. The summed E-state index contributed by atoms with van der Waals surface area (Å²) in [5.41, 5.74) is 2.48. The van der Waals surface area contributed by atoms with Gasteiger partial charge in [0.2, 0.25) is 5.95 Å². The number of aromatic nitrogens is 5. The van der Waals surface area contributed by atoms with Gasteiger partial charge >= 0.3 is 0 Å². The summed E-state index contributed by atoms with van der Waals surface area (Å²) in [5, 5.41) is 17.0. The van der Waals surface area contributed by atoms with Crippen LogP contribution in [0, 0.1) is 0 Å². The minimum atomic E-state index is -0.219. The monoisotopic (exact) mass is 459 g/mol. The van der Waals surface area contributed by atoms with Gasteiger partial charge in [-0.2, -0.15) is 4.98 Å². The molecule has 4 rings (SSSR count). The number of pyridine rings is 1. The van der Waals surface area contributed by atoms with E-state index in [9.17, 15) is 9.90 Å². The third-order valence-electron chi connectivity index (χ3n) is 5.73. The molecule has 176 valence electrons. The number of hydrogen-bond acceptors (Lipinski definition) is 7. The number of aliphatic hydroxyl groups excluding tert-OH is 1. The van der Waals surface area contributed by atoms with E-state index < -0.39 is 0 Å². The largest absolute Gasteiger partial charge is 0.392 e. The predicted octanol–water partition coefficient (Wildman–Crippen LogP) is 4.00. The van der Waals surface area contributed by atoms with Crippen molar-refractivity contribution in [1.82, 2.24) is 24.3 Å². The van der Waals surface area contributed by atoms with E-state index in [2.05, 4.69) is 52.9 Å². The summed E-state index contributed by atoms with van der Waals surface area (Å²) in [6.45, 7) is 10.3. The molecule has 0 aliphatic rings. The average molecular weight is 460 g/mol. The maximum atomic E-state index is 13.0. The van der Waals surface area contributed by atoms with Crippen molar-refractivity contribution in [1.29, 1.82) is 0 Å². The lowest BCUT2D eigenvalue weighted by Gasteiger charge is -2.27. The van der Waals surface area contributed by atoms with Gasteiger partial charge in [-0.25, -0.2) is 19.3 Å². The van der Waals surface area contributed by atoms with Gasteiger partial charge in [-0.15, -0.1) is 6.58 Å². The molecule has 0 aliphatic heterocycles. The summed E-state index contributed by atoms with van der Waals surface area (Å²) < 4.78 is 3.20. The van der Waals surface area contributed by atoms with Crippen LogP contribution >= 0.6 is 0 Å². The summed E-state index contributed by atoms with van der Waals surface area (Å²) in [7, 11) is 0. The molecular weight excluding hydrogens is 430 g/mol. The molecule has 0 amide bonds. The molecule has 3 aromatic heterocycles. The molecule has 3 heterocycles. The molecule has 34 heavy (non-hydrogen) atoms. The lowest BCUT2D eigenvalue weighted by atomic mass is 10.0. The first-order chi connectivity index (χ1) is 16.4. The zero-order valence-electron chi connectivity index (χ0n) is 19.6. The molecule has 9 heteroatoms. The Hall–Kier alpha value is -3.98. The van der Waals surface area contributed by atoms with E-state index in [1.54, 1.807) is 17.0 Å². The average Bonchev–Trinajstić information content (AvgIpc) is 3.11. The first-order valence-electron chi connectivity index (χ1n) is 11.2. The van der Waals surface area contributed by atoms with Crippen molar-refractivity contribution in [3.63, 3.8) is 0 Å². The number of allylic oxidation sites excluding steroid dienone is 1. The van der Waals surface area contributed by atoms with Crippen LogP contribution in [0.4, 0.5) is 17.3 Å². The zero-order chi connectivity index (χ0) is 24.3. The third kappa shape index (κ3) is 4.55. The molecule has 0 saturated carbocycles. The van der Waals surface area contributed by atoms with Crippen molar-refractivity contribution in [2.24, 2.45) is 0 Å². The Morgan fingerprint density at radius 1 is 1.21 bits per heavy atom. The van der Waals surface area contributed by atoms with Crippen molar-refractivity contribution in [3.8, 4) is 5.82 Å². The van der Waals surface area contributed by atoms with Gasteiger partial charge in [0.1, 0.15) is 5.39 Å². The molecule has 0 saturated heterocycles. The van der Waals surface area contributed by atoms with Crippen LogP contribution in [-0.4, -0.2) is 35.0 Å². The van der Waals surface area contributed by atoms with Crippen LogP contribution in [0.25, 0.3) is 16.9 Å². The number of aliphatic hydroxyl groups is 1. The van der Waals surface area contributed by atoms with Crippen LogP contribution in [0.15, 0.2) is 66.2 Å². The molecule has 0 unspecified atom stereocenters. The highest BCUT2D eigenvalue weighted by Gasteiger charge is 2.19. The summed E-state index contributed by atoms with van der Waals surface area (Å²) in [4.78, 5) is 26.3. The summed E-state index contributed by atoms with van der Waals surface area (Å²) in [5.74, 6) is 0.893. The second kappa shape index (κ2) is 9.48. The highest BCUT2D eigenvalue weighted by atomic mass is 16.3. The number of anilines is 3. The molecule has 3 N–H and O–H groups in total. The van der Waals surface area contributed by atoms with E-state index in [4.69, 9.17) is 0 Å². The predicted molar refractivity (Wildman–Crippen MR) is 135 cm³/mol. The second-order valence-corrected chi connectivity index (χ2v) is 8.62. The van der Waals surface area contributed by atoms with Gasteiger partial charge in [-0.1, -0.05) is 19.1 Å². The van der Waals surface area contributed by atoms with Crippen LogP contribution in [-0.2, 0) is 13.2 Å². The van der Waals surface area contributed by atoms with Gasteiger partial charge in [-0.3, -0.25) is 4.79 Å². The van der Waals surface area contributed by atoms with Gasteiger partial charge in [0.25, 0.3) is 5.56 Å². The topological polar surface area (TPSA) is 110 Å². The highest BCUT2D eigenvalue weighted by Crippen LogP contribution is 2.26. The Bertz CT molecular complexity index is 1370. The number of nitrogens with one attached hydrogen (secondary N) is 2. The van der Waals surface area contributed by atoms with Crippen molar-refractivity contribution in [3.05, 3.63) is 77.4 Å². The normalized spacial score (nSPS) is 11.5. The van der Waals surface area contributed by atoms with E-state index in [-0.39, 0.29) is 17.7 Å². The van der Waals surface area contributed by atoms with Crippen molar-refractivity contribution in [2.75, 3.05) is 10.6 Å². The van der Waals surface area contributed by atoms with E-state index in [1.807, 2.05) is 36.4 Å². The number of benzene rings is 1. The molecule has 0 bridgehead atoms. The van der Waals surface area contributed by atoms with E-state index >= 15 is 0 Å². The van der Waals surface area contributed by atoms with Gasteiger partial charge in [-0.05, 0) is 50.6 Å². The lowest BCUT2D eigenvalue weighted by molar-refractivity contribution is 0.282.